The Morgan fingerprint density at radius 2 is 1.81 bits per heavy atom. The van der Waals surface area contributed by atoms with Gasteiger partial charge in [0.2, 0.25) is 15.9 Å². The van der Waals surface area contributed by atoms with Crippen molar-refractivity contribution in [2.24, 2.45) is 0 Å². The Kier molecular flexibility index (Phi) is 7.41. The molecule has 0 atom stereocenters. The monoisotopic (exact) mass is 378 g/mol. The van der Waals surface area contributed by atoms with Crippen LogP contribution >= 0.6 is 0 Å². The molecule has 0 saturated heterocycles. The van der Waals surface area contributed by atoms with Crippen molar-refractivity contribution in [3.8, 4) is 0 Å². The zero-order chi connectivity index (χ0) is 19.0. The highest BCUT2D eigenvalue weighted by molar-refractivity contribution is 7.88. The Balaban J connectivity index is 2.09. The maximum atomic E-state index is 12.8. The molecule has 0 aliphatic rings. The molecule has 0 unspecified atom stereocenters. The van der Waals surface area contributed by atoms with Crippen LogP contribution in [-0.2, 0) is 27.8 Å². The predicted octanol–water partition coefficient (Wildman–Crippen LogP) is 2.52. The second-order valence-corrected chi connectivity index (χ2v) is 8.21. The van der Waals surface area contributed by atoms with Gasteiger partial charge >= 0.3 is 0 Å². The summed E-state index contributed by atoms with van der Waals surface area (Å²) in [6.45, 7) is 2.88. The quantitative estimate of drug-likeness (QED) is 0.637. The summed E-state index contributed by atoms with van der Waals surface area (Å²) in [5.41, 5.74) is 1.12. The normalized spacial score (nSPS) is 11.7. The molecule has 6 nitrogen and oxygen atoms in total. The maximum Gasteiger partial charge on any atom is 0.238 e. The van der Waals surface area contributed by atoms with Crippen molar-refractivity contribution >= 4 is 15.9 Å². The van der Waals surface area contributed by atoms with Crippen molar-refractivity contribution in [1.29, 1.82) is 0 Å². The van der Waals surface area contributed by atoms with Gasteiger partial charge < -0.3 is 9.32 Å². The van der Waals surface area contributed by atoms with Crippen LogP contribution in [0.1, 0.15) is 24.7 Å². The third-order valence-corrected chi connectivity index (χ3v) is 5.30. The molecule has 0 fully saturated rings. The molecular formula is C19H26N2O4S. The number of rotatable bonds is 10. The molecule has 0 saturated carbocycles. The molecule has 2 rings (SSSR count). The van der Waals surface area contributed by atoms with E-state index in [-0.39, 0.29) is 12.5 Å². The van der Waals surface area contributed by atoms with Crippen molar-refractivity contribution in [2.75, 3.05) is 25.9 Å². The molecule has 1 heterocycles. The Morgan fingerprint density at radius 3 is 2.38 bits per heavy atom. The summed E-state index contributed by atoms with van der Waals surface area (Å²) >= 11 is 0. The van der Waals surface area contributed by atoms with Crippen molar-refractivity contribution in [1.82, 2.24) is 9.21 Å². The summed E-state index contributed by atoms with van der Waals surface area (Å²) in [4.78, 5) is 14.5. The van der Waals surface area contributed by atoms with Crippen LogP contribution in [0.2, 0.25) is 0 Å². The molecule has 2 aromatic rings. The van der Waals surface area contributed by atoms with Crippen LogP contribution in [0.3, 0.4) is 0 Å². The molecule has 1 amide bonds. The lowest BCUT2D eigenvalue weighted by atomic mass is 10.1. The SMILES string of the molecule is CCCN(CC(=O)N(CCc1ccccc1)Cc1ccco1)S(C)(=O)=O. The summed E-state index contributed by atoms with van der Waals surface area (Å²) < 4.78 is 30.4. The van der Waals surface area contributed by atoms with E-state index in [4.69, 9.17) is 4.42 Å². The molecule has 0 aliphatic heterocycles. The fourth-order valence-corrected chi connectivity index (χ4v) is 3.51. The number of carbonyl (C=O) groups is 1. The van der Waals surface area contributed by atoms with Gasteiger partial charge in [-0.05, 0) is 30.5 Å². The van der Waals surface area contributed by atoms with Crippen molar-refractivity contribution in [3.05, 3.63) is 60.1 Å². The zero-order valence-corrected chi connectivity index (χ0v) is 16.1. The van der Waals surface area contributed by atoms with E-state index in [1.54, 1.807) is 17.2 Å². The number of amides is 1. The molecule has 142 valence electrons. The van der Waals surface area contributed by atoms with E-state index in [9.17, 15) is 13.2 Å². The third-order valence-electron chi connectivity index (χ3n) is 4.05. The molecule has 1 aromatic carbocycles. The van der Waals surface area contributed by atoms with Crippen LogP contribution in [0.4, 0.5) is 0 Å². The summed E-state index contributed by atoms with van der Waals surface area (Å²) in [6, 6.07) is 13.5. The average Bonchev–Trinajstić information content (AvgIpc) is 3.11. The fourth-order valence-electron chi connectivity index (χ4n) is 2.65. The van der Waals surface area contributed by atoms with E-state index in [1.807, 2.05) is 43.3 Å². The number of hydrogen-bond acceptors (Lipinski definition) is 4. The number of benzene rings is 1. The first-order valence-corrected chi connectivity index (χ1v) is 10.5. The standard InChI is InChI=1S/C19H26N2O4S/c1-3-12-21(26(2,23)24)16-19(22)20(15-18-10-7-14-25-18)13-11-17-8-5-4-6-9-17/h4-10,14H,3,11-13,15-16H2,1-2H3. The second kappa shape index (κ2) is 9.54. The molecular weight excluding hydrogens is 352 g/mol. The summed E-state index contributed by atoms with van der Waals surface area (Å²) in [5.74, 6) is 0.448. The van der Waals surface area contributed by atoms with Crippen molar-refractivity contribution in [3.63, 3.8) is 0 Å². The molecule has 7 heteroatoms. The first-order valence-electron chi connectivity index (χ1n) is 8.69. The van der Waals surface area contributed by atoms with Crippen LogP contribution in [0.5, 0.6) is 0 Å². The van der Waals surface area contributed by atoms with Gasteiger partial charge in [0.15, 0.2) is 0 Å². The van der Waals surface area contributed by atoms with Crippen LogP contribution < -0.4 is 0 Å². The fraction of sp³-hybridized carbons (Fsp3) is 0.421. The molecule has 0 aliphatic carbocycles. The Hall–Kier alpha value is -2.12. The van der Waals surface area contributed by atoms with Crippen molar-refractivity contribution < 1.29 is 17.6 Å². The zero-order valence-electron chi connectivity index (χ0n) is 15.3. The largest absolute Gasteiger partial charge is 0.467 e. The maximum absolute atomic E-state index is 12.8. The molecule has 0 N–H and O–H groups in total. The second-order valence-electron chi connectivity index (χ2n) is 6.23. The Labute approximate surface area is 155 Å². The third kappa shape index (κ3) is 6.31. The van der Waals surface area contributed by atoms with E-state index in [0.29, 0.717) is 38.2 Å². The van der Waals surface area contributed by atoms with Gasteiger partial charge in [-0.25, -0.2) is 8.42 Å². The van der Waals surface area contributed by atoms with Gasteiger partial charge in [-0.2, -0.15) is 4.31 Å². The van der Waals surface area contributed by atoms with Gasteiger partial charge in [0.05, 0.1) is 25.6 Å². The van der Waals surface area contributed by atoms with E-state index >= 15 is 0 Å². The van der Waals surface area contributed by atoms with Crippen LogP contribution in [-0.4, -0.2) is 49.4 Å². The topological polar surface area (TPSA) is 70.8 Å². The molecule has 0 spiro atoms. The molecule has 1 aromatic heterocycles. The highest BCUT2D eigenvalue weighted by Crippen LogP contribution is 2.10. The lowest BCUT2D eigenvalue weighted by Gasteiger charge is -2.26. The lowest BCUT2D eigenvalue weighted by Crippen LogP contribution is -2.43. The summed E-state index contributed by atoms with van der Waals surface area (Å²) in [7, 11) is -3.42. The molecule has 26 heavy (non-hydrogen) atoms. The van der Waals surface area contributed by atoms with E-state index in [0.717, 1.165) is 11.8 Å². The van der Waals surface area contributed by atoms with Gasteiger partial charge in [-0.1, -0.05) is 37.3 Å². The minimum atomic E-state index is -3.42. The highest BCUT2D eigenvalue weighted by Gasteiger charge is 2.23. The minimum absolute atomic E-state index is 0.151. The number of carbonyl (C=O) groups excluding carboxylic acids is 1. The van der Waals surface area contributed by atoms with E-state index in [1.165, 1.54) is 4.31 Å². The predicted molar refractivity (Wildman–Crippen MR) is 101 cm³/mol. The number of nitrogens with zero attached hydrogens (tertiary/aromatic N) is 2. The smallest absolute Gasteiger partial charge is 0.238 e. The number of sulfonamides is 1. The van der Waals surface area contributed by atoms with E-state index in [2.05, 4.69) is 0 Å². The molecule has 0 radical (unpaired) electrons. The minimum Gasteiger partial charge on any atom is -0.467 e. The van der Waals surface area contributed by atoms with Gasteiger partial charge in [-0.15, -0.1) is 0 Å². The van der Waals surface area contributed by atoms with Crippen LogP contribution in [0, 0.1) is 0 Å². The lowest BCUT2D eigenvalue weighted by molar-refractivity contribution is -0.132. The Morgan fingerprint density at radius 1 is 1.08 bits per heavy atom. The van der Waals surface area contributed by atoms with Crippen LogP contribution in [0.15, 0.2) is 53.1 Å². The van der Waals surface area contributed by atoms with Crippen LogP contribution in [0.25, 0.3) is 0 Å². The van der Waals surface area contributed by atoms with Gasteiger partial charge in [0.1, 0.15) is 5.76 Å². The number of furan rings is 1. The number of hydrogen-bond donors (Lipinski definition) is 0. The summed E-state index contributed by atoms with van der Waals surface area (Å²) in [5, 5.41) is 0. The summed E-state index contributed by atoms with van der Waals surface area (Å²) in [6.07, 6.45) is 4.05. The first kappa shape index (κ1) is 20.2. The van der Waals surface area contributed by atoms with Gasteiger partial charge in [-0.3, -0.25) is 4.79 Å². The first-order chi connectivity index (χ1) is 12.4. The van der Waals surface area contributed by atoms with E-state index < -0.39 is 10.0 Å². The average molecular weight is 378 g/mol. The Bertz CT molecular complexity index is 773. The van der Waals surface area contributed by atoms with Gasteiger partial charge in [0.25, 0.3) is 0 Å². The highest BCUT2D eigenvalue weighted by atomic mass is 32.2. The van der Waals surface area contributed by atoms with Gasteiger partial charge in [0, 0.05) is 13.1 Å². The van der Waals surface area contributed by atoms with Crippen molar-refractivity contribution in [2.45, 2.75) is 26.3 Å². The molecule has 0 bridgehead atoms.